The van der Waals surface area contributed by atoms with Gasteiger partial charge < -0.3 is 19.5 Å². The molecule has 1 aromatic heterocycles. The van der Waals surface area contributed by atoms with Crippen LogP contribution in [-0.4, -0.2) is 61.2 Å². The van der Waals surface area contributed by atoms with Crippen molar-refractivity contribution < 1.29 is 27.5 Å². The predicted octanol–water partition coefficient (Wildman–Crippen LogP) is 2.98. The number of ether oxygens (including phenoxy) is 1. The summed E-state index contributed by atoms with van der Waals surface area (Å²) in [4.78, 5) is 43.9. The first kappa shape index (κ1) is 29.9. The van der Waals surface area contributed by atoms with Gasteiger partial charge in [-0.15, -0.1) is 13.2 Å². The van der Waals surface area contributed by atoms with Crippen LogP contribution in [0.25, 0.3) is 0 Å². The van der Waals surface area contributed by atoms with Crippen molar-refractivity contribution >= 4 is 29.5 Å². The number of aromatic nitrogens is 1. The summed E-state index contributed by atoms with van der Waals surface area (Å²) < 4.78 is 42.7. The minimum absolute atomic E-state index is 0.00545. The summed E-state index contributed by atoms with van der Waals surface area (Å²) in [6.07, 6.45) is -2.98. The molecule has 0 saturated heterocycles. The molecule has 0 atom stereocenters. The second-order valence-electron chi connectivity index (χ2n) is 8.88. The number of amides is 2. The molecule has 0 bridgehead atoms. The molecule has 0 fully saturated rings. The van der Waals surface area contributed by atoms with E-state index in [0.29, 0.717) is 25.1 Å². The third-order valence-electron chi connectivity index (χ3n) is 5.51. The van der Waals surface area contributed by atoms with Gasteiger partial charge in [0.15, 0.2) is 5.84 Å². The minimum Gasteiger partial charge on any atom is -0.406 e. The number of hydrogen-bond donors (Lipinski definition) is 2. The van der Waals surface area contributed by atoms with Crippen LogP contribution in [0.15, 0.2) is 76.6 Å². The van der Waals surface area contributed by atoms with Gasteiger partial charge in [-0.2, -0.15) is 0 Å². The number of nitrogens with one attached hydrogen (secondary N) is 2. The fourth-order valence-corrected chi connectivity index (χ4v) is 3.54. The third kappa shape index (κ3) is 8.70. The molecule has 2 aromatic carbocycles. The number of pyridine rings is 1. The highest BCUT2D eigenvalue weighted by Crippen LogP contribution is 2.25. The summed E-state index contributed by atoms with van der Waals surface area (Å²) in [7, 11) is 3.75. The molecule has 13 heteroatoms. The van der Waals surface area contributed by atoms with Gasteiger partial charge >= 0.3 is 6.36 Å². The van der Waals surface area contributed by atoms with Crippen LogP contribution in [0.3, 0.4) is 0 Å². The molecule has 0 aliphatic heterocycles. The number of aliphatic imine (C=N–C) groups is 1. The molecule has 0 saturated carbocycles. The lowest BCUT2D eigenvalue weighted by Gasteiger charge is -2.22. The molecule has 0 aliphatic rings. The van der Waals surface area contributed by atoms with Crippen molar-refractivity contribution in [3.63, 3.8) is 0 Å². The van der Waals surface area contributed by atoms with Gasteiger partial charge in [0.1, 0.15) is 18.0 Å². The highest BCUT2D eigenvalue weighted by atomic mass is 19.4. The van der Waals surface area contributed by atoms with E-state index in [2.05, 4.69) is 20.5 Å². The van der Waals surface area contributed by atoms with Crippen molar-refractivity contribution in [2.24, 2.45) is 4.99 Å². The van der Waals surface area contributed by atoms with E-state index in [1.807, 2.05) is 32.0 Å². The Labute approximate surface area is 228 Å². The monoisotopic (exact) mass is 558 g/mol. The second kappa shape index (κ2) is 13.4. The first-order valence-electron chi connectivity index (χ1n) is 12.1. The summed E-state index contributed by atoms with van der Waals surface area (Å²) in [5.41, 5.74) is 3.81. The number of likely N-dealkylation sites (N-methyl/N-ethyl adjacent to an activating group) is 1. The Morgan fingerprint density at radius 1 is 1.07 bits per heavy atom. The van der Waals surface area contributed by atoms with E-state index in [4.69, 9.17) is 0 Å². The lowest BCUT2D eigenvalue weighted by molar-refractivity contribution is -0.274. The Morgan fingerprint density at radius 3 is 2.40 bits per heavy atom. The Hall–Kier alpha value is -4.65. The summed E-state index contributed by atoms with van der Waals surface area (Å²) in [5, 5.41) is 3.75. The maximum Gasteiger partial charge on any atom is 0.573 e. The standard InChI is InChI=1S/C27H29F3N6O4/c1-19-7-4-5-8-22(19)25(33-36(18-37)20-10-12-21(13-11-20)40-27(28,29)30)32-23-9-6-15-35(26(23)39)17-24(38)31-14-16-34(2)3/h4-13,15,18H,14,16-17H2,1-3H3,(H,31,38)(H,32,33). The van der Waals surface area contributed by atoms with Crippen LogP contribution in [-0.2, 0) is 16.1 Å². The highest BCUT2D eigenvalue weighted by molar-refractivity contribution is 6.03. The smallest absolute Gasteiger partial charge is 0.406 e. The van der Waals surface area contributed by atoms with Crippen molar-refractivity contribution in [3.8, 4) is 5.75 Å². The Balaban J connectivity index is 1.92. The fraction of sp³-hybridized carbons (Fsp3) is 0.259. The number of amidine groups is 1. The van der Waals surface area contributed by atoms with Crippen LogP contribution in [0, 0.1) is 6.92 Å². The largest absolute Gasteiger partial charge is 0.573 e. The Kier molecular flexibility index (Phi) is 10.0. The second-order valence-corrected chi connectivity index (χ2v) is 8.88. The number of anilines is 1. The van der Waals surface area contributed by atoms with Crippen molar-refractivity contribution in [1.29, 1.82) is 0 Å². The number of hydrazine groups is 1. The van der Waals surface area contributed by atoms with E-state index < -0.39 is 17.7 Å². The van der Waals surface area contributed by atoms with Gasteiger partial charge in [-0.25, -0.2) is 10.0 Å². The van der Waals surface area contributed by atoms with Gasteiger partial charge in [0, 0.05) is 24.8 Å². The predicted molar refractivity (Wildman–Crippen MR) is 144 cm³/mol. The van der Waals surface area contributed by atoms with Gasteiger partial charge in [-0.1, -0.05) is 24.3 Å². The first-order valence-corrected chi connectivity index (χ1v) is 12.1. The van der Waals surface area contributed by atoms with E-state index in [0.717, 1.165) is 22.7 Å². The number of halogens is 3. The zero-order chi connectivity index (χ0) is 29.3. The first-order chi connectivity index (χ1) is 19.0. The molecule has 10 nitrogen and oxygen atoms in total. The van der Waals surface area contributed by atoms with Crippen LogP contribution in [0.2, 0.25) is 0 Å². The van der Waals surface area contributed by atoms with Crippen LogP contribution in [0.1, 0.15) is 11.1 Å². The molecule has 2 amide bonds. The number of aryl methyl sites for hydroxylation is 1. The molecule has 1 heterocycles. The average molecular weight is 559 g/mol. The Morgan fingerprint density at radius 2 is 1.77 bits per heavy atom. The number of rotatable bonds is 11. The Bertz CT molecular complexity index is 1400. The van der Waals surface area contributed by atoms with Crippen molar-refractivity contribution in [1.82, 2.24) is 20.2 Å². The van der Waals surface area contributed by atoms with Crippen LogP contribution in [0.5, 0.6) is 5.75 Å². The van der Waals surface area contributed by atoms with Gasteiger partial charge in [-0.05, 0) is 63.0 Å². The van der Waals surface area contributed by atoms with Gasteiger partial charge in [-0.3, -0.25) is 19.8 Å². The molecular formula is C27H29F3N6O4. The molecular weight excluding hydrogens is 529 g/mol. The lowest BCUT2D eigenvalue weighted by Crippen LogP contribution is -2.42. The SMILES string of the molecule is Cc1ccccc1C(=Nc1cccn(CC(=O)NCCN(C)C)c1=O)NN(C=O)c1ccc(OC(F)(F)F)cc1. The molecule has 212 valence electrons. The number of carbonyl (C=O) groups excluding carboxylic acids is 2. The zero-order valence-electron chi connectivity index (χ0n) is 22.1. The van der Waals surface area contributed by atoms with E-state index in [1.54, 1.807) is 24.3 Å². The summed E-state index contributed by atoms with van der Waals surface area (Å²) in [6, 6.07) is 14.7. The topological polar surface area (TPSA) is 108 Å². The number of hydrogen-bond acceptors (Lipinski definition) is 6. The van der Waals surface area contributed by atoms with Crippen LogP contribution < -0.4 is 26.0 Å². The minimum atomic E-state index is -4.86. The highest BCUT2D eigenvalue weighted by Gasteiger charge is 2.31. The fourth-order valence-electron chi connectivity index (χ4n) is 3.54. The normalized spacial score (nSPS) is 11.7. The van der Waals surface area contributed by atoms with E-state index in [1.165, 1.54) is 29.0 Å². The average Bonchev–Trinajstić information content (AvgIpc) is 2.88. The molecule has 2 N–H and O–H groups in total. The zero-order valence-corrected chi connectivity index (χ0v) is 22.1. The van der Waals surface area contributed by atoms with Gasteiger partial charge in [0.05, 0.1) is 5.69 Å². The van der Waals surface area contributed by atoms with Gasteiger partial charge in [0.2, 0.25) is 12.3 Å². The number of carbonyl (C=O) groups is 2. The quantitative estimate of drug-likeness (QED) is 0.162. The number of nitrogens with zero attached hydrogens (tertiary/aromatic N) is 4. The van der Waals surface area contributed by atoms with Gasteiger partial charge in [0.25, 0.3) is 5.56 Å². The van der Waals surface area contributed by atoms with E-state index in [-0.39, 0.29) is 29.7 Å². The molecule has 0 spiro atoms. The maximum absolute atomic E-state index is 13.2. The molecule has 0 radical (unpaired) electrons. The van der Waals surface area contributed by atoms with E-state index in [9.17, 15) is 27.6 Å². The number of alkyl halides is 3. The summed E-state index contributed by atoms with van der Waals surface area (Å²) in [6.45, 7) is 2.66. The number of benzene rings is 2. The van der Waals surface area contributed by atoms with Crippen molar-refractivity contribution in [3.05, 3.63) is 88.3 Å². The molecule has 0 aliphatic carbocycles. The maximum atomic E-state index is 13.2. The molecule has 3 aromatic rings. The summed E-state index contributed by atoms with van der Waals surface area (Å²) in [5.74, 6) is -0.677. The van der Waals surface area contributed by atoms with E-state index >= 15 is 0 Å². The van der Waals surface area contributed by atoms with Crippen LogP contribution >= 0.6 is 0 Å². The van der Waals surface area contributed by atoms with Crippen molar-refractivity contribution in [2.45, 2.75) is 19.8 Å². The van der Waals surface area contributed by atoms with Crippen LogP contribution in [0.4, 0.5) is 24.5 Å². The van der Waals surface area contributed by atoms with Crippen molar-refractivity contribution in [2.75, 3.05) is 32.2 Å². The lowest BCUT2D eigenvalue weighted by atomic mass is 10.1. The third-order valence-corrected chi connectivity index (χ3v) is 5.51. The summed E-state index contributed by atoms with van der Waals surface area (Å²) >= 11 is 0. The molecule has 40 heavy (non-hydrogen) atoms. The molecule has 3 rings (SSSR count). The molecule has 0 unspecified atom stereocenters.